The summed E-state index contributed by atoms with van der Waals surface area (Å²) in [4.78, 5) is 4.35. The SMILES string of the molecule is COc1cc(-c2cc(Br)cnc2C)cc(OC)c1OC. The lowest BCUT2D eigenvalue weighted by molar-refractivity contribution is 0.324. The number of pyridine rings is 1. The van der Waals surface area contributed by atoms with E-state index in [1.165, 1.54) is 0 Å². The molecular formula is C15H16BrNO3. The molecule has 0 amide bonds. The number of nitrogens with zero attached hydrogens (tertiary/aromatic N) is 1. The summed E-state index contributed by atoms with van der Waals surface area (Å²) < 4.78 is 17.0. The molecule has 0 N–H and O–H groups in total. The summed E-state index contributed by atoms with van der Waals surface area (Å²) in [5, 5.41) is 0. The van der Waals surface area contributed by atoms with Crippen LogP contribution in [0.25, 0.3) is 11.1 Å². The van der Waals surface area contributed by atoms with Gasteiger partial charge in [-0.3, -0.25) is 4.98 Å². The lowest BCUT2D eigenvalue weighted by atomic mass is 10.0. The molecule has 0 atom stereocenters. The highest BCUT2D eigenvalue weighted by Gasteiger charge is 2.15. The highest BCUT2D eigenvalue weighted by molar-refractivity contribution is 9.10. The van der Waals surface area contributed by atoms with E-state index in [1.807, 2.05) is 25.1 Å². The van der Waals surface area contributed by atoms with E-state index in [4.69, 9.17) is 14.2 Å². The second-order valence-electron chi connectivity index (χ2n) is 4.20. The van der Waals surface area contributed by atoms with E-state index in [0.29, 0.717) is 17.2 Å². The molecule has 2 aromatic rings. The van der Waals surface area contributed by atoms with Crippen LogP contribution in [0.3, 0.4) is 0 Å². The molecular weight excluding hydrogens is 322 g/mol. The Morgan fingerprint density at radius 3 is 2.05 bits per heavy atom. The van der Waals surface area contributed by atoms with Gasteiger partial charge in [0.1, 0.15) is 0 Å². The maximum absolute atomic E-state index is 5.37. The molecule has 1 heterocycles. The molecule has 0 unspecified atom stereocenters. The third-order valence-electron chi connectivity index (χ3n) is 3.03. The number of hydrogen-bond acceptors (Lipinski definition) is 4. The minimum atomic E-state index is 0.583. The number of aryl methyl sites for hydroxylation is 1. The van der Waals surface area contributed by atoms with Crippen molar-refractivity contribution in [1.29, 1.82) is 0 Å². The largest absolute Gasteiger partial charge is 0.493 e. The van der Waals surface area contributed by atoms with Crippen LogP contribution in [-0.2, 0) is 0 Å². The van der Waals surface area contributed by atoms with Crippen LogP contribution in [0.5, 0.6) is 17.2 Å². The van der Waals surface area contributed by atoms with Crippen molar-refractivity contribution in [1.82, 2.24) is 4.98 Å². The van der Waals surface area contributed by atoms with E-state index in [2.05, 4.69) is 20.9 Å². The molecule has 0 bridgehead atoms. The summed E-state index contributed by atoms with van der Waals surface area (Å²) in [5.41, 5.74) is 2.91. The van der Waals surface area contributed by atoms with Gasteiger partial charge in [-0.1, -0.05) is 0 Å². The lowest BCUT2D eigenvalue weighted by Crippen LogP contribution is -1.96. The molecule has 0 saturated heterocycles. The van der Waals surface area contributed by atoms with Gasteiger partial charge in [0.2, 0.25) is 5.75 Å². The first-order valence-corrected chi connectivity index (χ1v) is 6.82. The molecule has 0 aliphatic rings. The molecule has 0 spiro atoms. The fraction of sp³-hybridized carbons (Fsp3) is 0.267. The summed E-state index contributed by atoms with van der Waals surface area (Å²) in [6.07, 6.45) is 1.77. The van der Waals surface area contributed by atoms with Gasteiger partial charge in [-0.15, -0.1) is 0 Å². The van der Waals surface area contributed by atoms with Crippen LogP contribution in [0.4, 0.5) is 0 Å². The van der Waals surface area contributed by atoms with Crippen LogP contribution in [0.15, 0.2) is 28.9 Å². The molecule has 5 heteroatoms. The Balaban J connectivity index is 2.65. The average molecular weight is 338 g/mol. The molecule has 4 nitrogen and oxygen atoms in total. The normalized spacial score (nSPS) is 10.2. The topological polar surface area (TPSA) is 40.6 Å². The van der Waals surface area contributed by atoms with E-state index < -0.39 is 0 Å². The number of hydrogen-bond donors (Lipinski definition) is 0. The van der Waals surface area contributed by atoms with E-state index in [9.17, 15) is 0 Å². The third-order valence-corrected chi connectivity index (χ3v) is 3.46. The predicted octanol–water partition coefficient (Wildman–Crippen LogP) is 3.85. The van der Waals surface area contributed by atoms with Gasteiger partial charge in [0.25, 0.3) is 0 Å². The molecule has 1 aromatic carbocycles. The Labute approximate surface area is 126 Å². The van der Waals surface area contributed by atoms with E-state index in [1.54, 1.807) is 27.5 Å². The average Bonchev–Trinajstić information content (AvgIpc) is 2.48. The summed E-state index contributed by atoms with van der Waals surface area (Å²) in [6.45, 7) is 1.96. The summed E-state index contributed by atoms with van der Waals surface area (Å²) in [6, 6.07) is 5.85. The fourth-order valence-corrected chi connectivity index (χ4v) is 2.37. The van der Waals surface area contributed by atoms with Gasteiger partial charge in [0, 0.05) is 21.9 Å². The minimum absolute atomic E-state index is 0.583. The highest BCUT2D eigenvalue weighted by Crippen LogP contribution is 2.41. The fourth-order valence-electron chi connectivity index (χ4n) is 2.04. The summed E-state index contributed by atoms with van der Waals surface area (Å²) in [5.74, 6) is 1.84. The van der Waals surface area contributed by atoms with Crippen molar-refractivity contribution in [3.8, 4) is 28.4 Å². The first-order chi connectivity index (χ1) is 9.60. The zero-order valence-electron chi connectivity index (χ0n) is 11.9. The Hall–Kier alpha value is -1.75. The zero-order valence-corrected chi connectivity index (χ0v) is 13.4. The van der Waals surface area contributed by atoms with Crippen molar-refractivity contribution in [3.05, 3.63) is 34.6 Å². The molecule has 1 aromatic heterocycles. The van der Waals surface area contributed by atoms with Crippen LogP contribution >= 0.6 is 15.9 Å². The van der Waals surface area contributed by atoms with Gasteiger partial charge in [0.05, 0.1) is 21.3 Å². The van der Waals surface area contributed by atoms with Gasteiger partial charge in [0.15, 0.2) is 11.5 Å². The number of halogens is 1. The summed E-state index contributed by atoms with van der Waals surface area (Å²) >= 11 is 3.44. The molecule has 0 aliphatic carbocycles. The van der Waals surface area contributed by atoms with Gasteiger partial charge in [-0.2, -0.15) is 0 Å². The van der Waals surface area contributed by atoms with Crippen molar-refractivity contribution in [2.75, 3.05) is 21.3 Å². The van der Waals surface area contributed by atoms with E-state index >= 15 is 0 Å². The number of aromatic nitrogens is 1. The second kappa shape index (κ2) is 6.13. The Morgan fingerprint density at radius 1 is 0.950 bits per heavy atom. The number of benzene rings is 1. The standard InChI is InChI=1S/C15H16BrNO3/c1-9-12(7-11(16)8-17-9)10-5-13(18-2)15(20-4)14(6-10)19-3/h5-8H,1-4H3. The molecule has 20 heavy (non-hydrogen) atoms. The first kappa shape index (κ1) is 14.7. The highest BCUT2D eigenvalue weighted by atomic mass is 79.9. The van der Waals surface area contributed by atoms with E-state index in [0.717, 1.165) is 21.3 Å². The van der Waals surface area contributed by atoms with Gasteiger partial charge < -0.3 is 14.2 Å². The van der Waals surface area contributed by atoms with Gasteiger partial charge in [-0.25, -0.2) is 0 Å². The van der Waals surface area contributed by atoms with Crippen molar-refractivity contribution in [2.45, 2.75) is 6.92 Å². The maximum Gasteiger partial charge on any atom is 0.203 e. The molecule has 2 rings (SSSR count). The Bertz CT molecular complexity index is 604. The molecule has 0 radical (unpaired) electrons. The lowest BCUT2D eigenvalue weighted by Gasteiger charge is -2.15. The molecule has 0 fully saturated rings. The second-order valence-corrected chi connectivity index (χ2v) is 5.12. The van der Waals surface area contributed by atoms with Crippen molar-refractivity contribution in [3.63, 3.8) is 0 Å². The zero-order chi connectivity index (χ0) is 14.7. The van der Waals surface area contributed by atoms with E-state index in [-0.39, 0.29) is 0 Å². The van der Waals surface area contributed by atoms with Crippen LogP contribution in [-0.4, -0.2) is 26.3 Å². The number of methoxy groups -OCH3 is 3. The minimum Gasteiger partial charge on any atom is -0.493 e. The molecule has 0 aliphatic heterocycles. The quantitative estimate of drug-likeness (QED) is 0.849. The van der Waals surface area contributed by atoms with Gasteiger partial charge >= 0.3 is 0 Å². The molecule has 0 saturated carbocycles. The Morgan fingerprint density at radius 2 is 1.55 bits per heavy atom. The third kappa shape index (κ3) is 2.72. The number of rotatable bonds is 4. The van der Waals surface area contributed by atoms with Crippen LogP contribution in [0.1, 0.15) is 5.69 Å². The van der Waals surface area contributed by atoms with Crippen LogP contribution < -0.4 is 14.2 Å². The smallest absolute Gasteiger partial charge is 0.203 e. The summed E-state index contributed by atoms with van der Waals surface area (Å²) in [7, 11) is 4.80. The monoisotopic (exact) mass is 337 g/mol. The van der Waals surface area contributed by atoms with Crippen LogP contribution in [0, 0.1) is 6.92 Å². The van der Waals surface area contributed by atoms with Crippen molar-refractivity contribution >= 4 is 15.9 Å². The predicted molar refractivity (Wildman–Crippen MR) is 81.8 cm³/mol. The van der Waals surface area contributed by atoms with Crippen molar-refractivity contribution in [2.24, 2.45) is 0 Å². The first-order valence-electron chi connectivity index (χ1n) is 6.03. The van der Waals surface area contributed by atoms with Gasteiger partial charge in [-0.05, 0) is 46.6 Å². The number of ether oxygens (including phenoxy) is 3. The molecule has 106 valence electrons. The van der Waals surface area contributed by atoms with Crippen molar-refractivity contribution < 1.29 is 14.2 Å². The Kier molecular flexibility index (Phi) is 4.49. The van der Waals surface area contributed by atoms with Crippen LogP contribution in [0.2, 0.25) is 0 Å². The maximum atomic E-state index is 5.37.